The van der Waals surface area contributed by atoms with Gasteiger partial charge in [-0.3, -0.25) is 9.78 Å². The van der Waals surface area contributed by atoms with Crippen LogP contribution in [0.5, 0.6) is 0 Å². The van der Waals surface area contributed by atoms with Gasteiger partial charge in [0.25, 0.3) is 0 Å². The second-order valence-electron chi connectivity index (χ2n) is 3.05. The van der Waals surface area contributed by atoms with Crippen molar-refractivity contribution in [2.45, 2.75) is 6.92 Å². The number of benzene rings is 1. The van der Waals surface area contributed by atoms with Crippen LogP contribution >= 0.6 is 11.6 Å². The van der Waals surface area contributed by atoms with Crippen LogP contribution in [0.1, 0.15) is 17.3 Å². The van der Waals surface area contributed by atoms with E-state index in [1.807, 2.05) is 6.07 Å². The molecule has 2 rings (SSSR count). The van der Waals surface area contributed by atoms with Crippen molar-refractivity contribution in [3.63, 3.8) is 0 Å². The summed E-state index contributed by atoms with van der Waals surface area (Å²) < 4.78 is 0. The molecule has 14 heavy (non-hydrogen) atoms. The molecule has 0 spiro atoms. The first kappa shape index (κ1) is 9.16. The molecule has 0 aliphatic heterocycles. The van der Waals surface area contributed by atoms with E-state index >= 15 is 0 Å². The zero-order chi connectivity index (χ0) is 10.1. The maximum absolute atomic E-state index is 11.3. The highest BCUT2D eigenvalue weighted by atomic mass is 35.5. The first-order chi connectivity index (χ1) is 6.70. The smallest absolute Gasteiger partial charge is 0.161 e. The van der Waals surface area contributed by atoms with Crippen molar-refractivity contribution in [2.24, 2.45) is 0 Å². The van der Waals surface area contributed by atoms with Crippen molar-refractivity contribution in [1.82, 2.24) is 4.98 Å². The Morgan fingerprint density at radius 2 is 2.14 bits per heavy atom. The Morgan fingerprint density at radius 1 is 1.36 bits per heavy atom. The number of halogens is 1. The molecule has 0 amide bonds. The van der Waals surface area contributed by atoms with Crippen molar-refractivity contribution < 1.29 is 4.79 Å². The molecule has 0 fully saturated rings. The number of hydrogen-bond acceptors (Lipinski definition) is 2. The molecule has 1 aromatic carbocycles. The average Bonchev–Trinajstić information content (AvgIpc) is 2.18. The summed E-state index contributed by atoms with van der Waals surface area (Å²) in [5, 5.41) is 1.44. The normalized spacial score (nSPS) is 10.4. The van der Waals surface area contributed by atoms with E-state index in [9.17, 15) is 4.79 Å². The van der Waals surface area contributed by atoms with Gasteiger partial charge in [0.15, 0.2) is 5.78 Å². The number of carbonyl (C=O) groups is 1. The number of rotatable bonds is 1. The molecular formula is C11H8ClNO. The van der Waals surface area contributed by atoms with Crippen LogP contribution in [0.4, 0.5) is 0 Å². The molecule has 1 aromatic heterocycles. The van der Waals surface area contributed by atoms with Crippen molar-refractivity contribution in [3.05, 3.63) is 41.0 Å². The van der Waals surface area contributed by atoms with Crippen molar-refractivity contribution in [1.29, 1.82) is 0 Å². The maximum Gasteiger partial charge on any atom is 0.161 e. The summed E-state index contributed by atoms with van der Waals surface area (Å²) in [6.07, 6.45) is 1.66. The lowest BCUT2D eigenvalue weighted by molar-refractivity contribution is 0.101. The number of Topliss-reactive ketones (excluding diaryl/α,β-unsaturated/α-hetero) is 1. The molecular weight excluding hydrogens is 198 g/mol. The monoisotopic (exact) mass is 205 g/mol. The number of hydrogen-bond donors (Lipinski definition) is 0. The average molecular weight is 206 g/mol. The Bertz CT molecular complexity index is 508. The van der Waals surface area contributed by atoms with Crippen LogP contribution in [0.3, 0.4) is 0 Å². The zero-order valence-electron chi connectivity index (χ0n) is 7.62. The minimum absolute atomic E-state index is 0.00497. The molecule has 0 saturated carbocycles. The summed E-state index contributed by atoms with van der Waals surface area (Å²) in [6, 6.07) is 7.09. The fourth-order valence-corrected chi connectivity index (χ4v) is 1.64. The Morgan fingerprint density at radius 3 is 2.86 bits per heavy atom. The number of pyridine rings is 1. The third-order valence-corrected chi connectivity index (χ3v) is 2.43. The maximum atomic E-state index is 11.3. The van der Waals surface area contributed by atoms with E-state index in [4.69, 9.17) is 11.6 Å². The third-order valence-electron chi connectivity index (χ3n) is 2.10. The fraction of sp³-hybridized carbons (Fsp3) is 0.0909. The van der Waals surface area contributed by atoms with E-state index in [-0.39, 0.29) is 5.78 Å². The topological polar surface area (TPSA) is 30.0 Å². The van der Waals surface area contributed by atoms with Gasteiger partial charge in [-0.1, -0.05) is 11.6 Å². The minimum atomic E-state index is 0.00497. The number of nitrogens with zero attached hydrogens (tertiary/aromatic N) is 1. The highest BCUT2D eigenvalue weighted by Crippen LogP contribution is 2.24. The summed E-state index contributed by atoms with van der Waals surface area (Å²) in [5.41, 5.74) is 1.29. The molecule has 0 bridgehead atoms. The summed E-state index contributed by atoms with van der Waals surface area (Å²) in [7, 11) is 0. The molecule has 0 radical (unpaired) electrons. The quantitative estimate of drug-likeness (QED) is 0.670. The first-order valence-corrected chi connectivity index (χ1v) is 4.62. The van der Waals surface area contributed by atoms with E-state index in [0.29, 0.717) is 16.1 Å². The molecule has 2 nitrogen and oxygen atoms in total. The second kappa shape index (κ2) is 3.39. The summed E-state index contributed by atoms with van der Waals surface area (Å²) in [5.74, 6) is 0.00497. The lowest BCUT2D eigenvalue weighted by Gasteiger charge is -2.03. The summed E-state index contributed by atoms with van der Waals surface area (Å²) in [6.45, 7) is 1.53. The zero-order valence-corrected chi connectivity index (χ0v) is 8.38. The van der Waals surface area contributed by atoms with Crippen molar-refractivity contribution in [2.75, 3.05) is 0 Å². The first-order valence-electron chi connectivity index (χ1n) is 4.24. The number of fused-ring (bicyclic) bond motifs is 1. The Balaban J connectivity index is 2.88. The van der Waals surface area contributed by atoms with E-state index in [1.54, 1.807) is 24.4 Å². The standard InChI is InChI=1S/C11H8ClNO/c1-7(14)8-4-5-10(12)9-3-2-6-13-11(8)9/h2-6H,1H3. The number of carbonyl (C=O) groups excluding carboxylic acids is 1. The van der Waals surface area contributed by atoms with Gasteiger partial charge >= 0.3 is 0 Å². The van der Waals surface area contributed by atoms with Gasteiger partial charge in [0.2, 0.25) is 0 Å². The molecule has 0 aliphatic rings. The minimum Gasteiger partial charge on any atom is -0.294 e. The van der Waals surface area contributed by atoms with Crippen LogP contribution in [0.15, 0.2) is 30.5 Å². The second-order valence-corrected chi connectivity index (χ2v) is 3.46. The third kappa shape index (κ3) is 1.38. The fourth-order valence-electron chi connectivity index (χ4n) is 1.42. The van der Waals surface area contributed by atoms with Crippen molar-refractivity contribution in [3.8, 4) is 0 Å². The lowest BCUT2D eigenvalue weighted by Crippen LogP contribution is -1.95. The van der Waals surface area contributed by atoms with Crippen LogP contribution in [0, 0.1) is 0 Å². The lowest BCUT2D eigenvalue weighted by atomic mass is 10.1. The van der Waals surface area contributed by atoms with Gasteiger partial charge in [0.1, 0.15) is 0 Å². The van der Waals surface area contributed by atoms with Crippen LogP contribution in [-0.4, -0.2) is 10.8 Å². The molecule has 0 saturated heterocycles. The van der Waals surface area contributed by atoms with Crippen LogP contribution in [0.25, 0.3) is 10.9 Å². The van der Waals surface area contributed by atoms with Gasteiger partial charge in [-0.2, -0.15) is 0 Å². The van der Waals surface area contributed by atoms with Gasteiger partial charge in [-0.05, 0) is 31.2 Å². The largest absolute Gasteiger partial charge is 0.294 e. The Labute approximate surface area is 86.5 Å². The van der Waals surface area contributed by atoms with Crippen LogP contribution < -0.4 is 0 Å². The van der Waals surface area contributed by atoms with E-state index in [2.05, 4.69) is 4.98 Å². The molecule has 70 valence electrons. The Hall–Kier alpha value is -1.41. The summed E-state index contributed by atoms with van der Waals surface area (Å²) in [4.78, 5) is 15.4. The number of ketones is 1. The van der Waals surface area contributed by atoms with Gasteiger partial charge in [-0.25, -0.2) is 0 Å². The SMILES string of the molecule is CC(=O)c1ccc(Cl)c2cccnc12. The number of aromatic nitrogens is 1. The van der Waals surface area contributed by atoms with Gasteiger partial charge < -0.3 is 0 Å². The molecule has 0 atom stereocenters. The summed E-state index contributed by atoms with van der Waals surface area (Å²) >= 11 is 5.98. The van der Waals surface area contributed by atoms with E-state index in [1.165, 1.54) is 6.92 Å². The van der Waals surface area contributed by atoms with E-state index in [0.717, 1.165) is 5.39 Å². The predicted octanol–water partition coefficient (Wildman–Crippen LogP) is 3.09. The van der Waals surface area contributed by atoms with Gasteiger partial charge in [-0.15, -0.1) is 0 Å². The molecule has 3 heteroatoms. The molecule has 0 unspecified atom stereocenters. The highest BCUT2D eigenvalue weighted by Gasteiger charge is 2.08. The highest BCUT2D eigenvalue weighted by molar-refractivity contribution is 6.35. The van der Waals surface area contributed by atoms with Crippen molar-refractivity contribution >= 4 is 28.3 Å². The Kier molecular flexibility index (Phi) is 2.22. The van der Waals surface area contributed by atoms with E-state index < -0.39 is 0 Å². The van der Waals surface area contributed by atoms with Gasteiger partial charge in [0, 0.05) is 17.1 Å². The molecule has 1 heterocycles. The molecule has 2 aromatic rings. The van der Waals surface area contributed by atoms with Gasteiger partial charge in [0.05, 0.1) is 10.5 Å². The van der Waals surface area contributed by atoms with Crippen LogP contribution in [0.2, 0.25) is 5.02 Å². The van der Waals surface area contributed by atoms with Crippen LogP contribution in [-0.2, 0) is 0 Å². The predicted molar refractivity (Wildman–Crippen MR) is 56.8 cm³/mol. The molecule has 0 aliphatic carbocycles. The molecule has 0 N–H and O–H groups in total.